The smallest absolute Gasteiger partial charge is 0.243 e. The van der Waals surface area contributed by atoms with E-state index < -0.39 is 10.0 Å². The van der Waals surface area contributed by atoms with Gasteiger partial charge in [-0.15, -0.1) is 0 Å². The lowest BCUT2D eigenvalue weighted by Gasteiger charge is -2.33. The summed E-state index contributed by atoms with van der Waals surface area (Å²) < 4.78 is 28.2. The maximum Gasteiger partial charge on any atom is 0.243 e. The number of nitrogens with zero attached hydrogens (tertiary/aromatic N) is 2. The zero-order valence-corrected chi connectivity index (χ0v) is 21.2. The zero-order chi connectivity index (χ0) is 24.7. The highest BCUT2D eigenvalue weighted by Crippen LogP contribution is 2.35. The van der Waals surface area contributed by atoms with Crippen LogP contribution >= 0.6 is 0 Å². The lowest BCUT2D eigenvalue weighted by atomic mass is 9.87. The number of carbonyl (C=O) groups is 2. The SMILES string of the molecule is CC(=O)N1c2ccc(S(=O)(=O)N3CCC(C(=O)N[C@@H]4CCCc5ccccc54)CC3)cc2C[C@@H]1C. The van der Waals surface area contributed by atoms with Crippen LogP contribution in [0, 0.1) is 5.92 Å². The number of fused-ring (bicyclic) bond motifs is 2. The Morgan fingerprint density at radius 3 is 2.49 bits per heavy atom. The average molecular weight is 496 g/mol. The number of nitrogens with one attached hydrogen (secondary N) is 1. The molecule has 0 radical (unpaired) electrons. The first-order valence-corrected chi connectivity index (χ1v) is 14.0. The van der Waals surface area contributed by atoms with Crippen LogP contribution in [0.4, 0.5) is 5.69 Å². The van der Waals surface area contributed by atoms with Crippen LogP contribution in [0.3, 0.4) is 0 Å². The second kappa shape index (κ2) is 9.39. The monoisotopic (exact) mass is 495 g/mol. The van der Waals surface area contributed by atoms with Crippen molar-refractivity contribution in [1.29, 1.82) is 0 Å². The summed E-state index contributed by atoms with van der Waals surface area (Å²) in [6.45, 7) is 4.16. The molecule has 0 saturated carbocycles. The van der Waals surface area contributed by atoms with Crippen molar-refractivity contribution >= 4 is 27.5 Å². The second-order valence-electron chi connectivity index (χ2n) is 10.1. The van der Waals surface area contributed by atoms with Crippen LogP contribution in [0.15, 0.2) is 47.4 Å². The molecule has 0 unspecified atom stereocenters. The molecule has 3 aliphatic rings. The topological polar surface area (TPSA) is 86.8 Å². The van der Waals surface area contributed by atoms with Crippen LogP contribution in [0.25, 0.3) is 0 Å². The lowest BCUT2D eigenvalue weighted by molar-refractivity contribution is -0.127. The molecule has 0 aromatic heterocycles. The lowest BCUT2D eigenvalue weighted by Crippen LogP contribution is -2.44. The van der Waals surface area contributed by atoms with Crippen molar-refractivity contribution < 1.29 is 18.0 Å². The number of hydrogen-bond acceptors (Lipinski definition) is 4. The van der Waals surface area contributed by atoms with Gasteiger partial charge in [0.1, 0.15) is 0 Å². The van der Waals surface area contributed by atoms with Crippen LogP contribution in [-0.2, 0) is 32.5 Å². The van der Waals surface area contributed by atoms with Gasteiger partial charge in [-0.1, -0.05) is 24.3 Å². The minimum atomic E-state index is -3.66. The minimum absolute atomic E-state index is 0.0193. The third-order valence-electron chi connectivity index (χ3n) is 7.75. The molecule has 2 aromatic carbocycles. The maximum absolute atomic E-state index is 13.4. The second-order valence-corrected chi connectivity index (χ2v) is 12.0. The molecule has 1 N–H and O–H groups in total. The van der Waals surface area contributed by atoms with Gasteiger partial charge in [0.15, 0.2) is 0 Å². The Morgan fingerprint density at radius 2 is 1.74 bits per heavy atom. The molecule has 0 spiro atoms. The van der Waals surface area contributed by atoms with E-state index in [1.165, 1.54) is 22.4 Å². The fraction of sp³-hybridized carbons (Fsp3) is 0.481. The van der Waals surface area contributed by atoms with Gasteiger partial charge in [0.05, 0.1) is 10.9 Å². The summed E-state index contributed by atoms with van der Waals surface area (Å²) in [6.07, 6.45) is 4.72. The Bertz CT molecular complexity index is 1250. The summed E-state index contributed by atoms with van der Waals surface area (Å²) >= 11 is 0. The molecule has 2 atom stereocenters. The van der Waals surface area contributed by atoms with Crippen molar-refractivity contribution in [2.75, 3.05) is 18.0 Å². The van der Waals surface area contributed by atoms with Gasteiger partial charge in [0.25, 0.3) is 0 Å². The van der Waals surface area contributed by atoms with Gasteiger partial charge >= 0.3 is 0 Å². The van der Waals surface area contributed by atoms with Crippen molar-refractivity contribution in [2.24, 2.45) is 5.92 Å². The van der Waals surface area contributed by atoms with Crippen molar-refractivity contribution in [3.8, 4) is 0 Å². The van der Waals surface area contributed by atoms with Gasteiger partial charge < -0.3 is 10.2 Å². The van der Waals surface area contributed by atoms with E-state index in [0.29, 0.717) is 32.4 Å². The summed E-state index contributed by atoms with van der Waals surface area (Å²) in [6, 6.07) is 13.4. The zero-order valence-electron chi connectivity index (χ0n) is 20.4. The molecule has 1 fully saturated rings. The number of aryl methyl sites for hydroxylation is 1. The Kier molecular flexibility index (Phi) is 6.44. The molecule has 2 aliphatic heterocycles. The Labute approximate surface area is 207 Å². The molecular formula is C27H33N3O4S. The van der Waals surface area contributed by atoms with Gasteiger partial charge in [-0.3, -0.25) is 9.59 Å². The molecule has 8 heteroatoms. The first-order chi connectivity index (χ1) is 16.8. The first-order valence-electron chi connectivity index (χ1n) is 12.6. The standard InChI is InChI=1S/C27H33N3O4S/c1-18-16-22-17-23(10-11-26(22)30(18)19(2)31)35(33,34)29-14-12-21(13-15-29)27(32)28-25-9-5-7-20-6-3-4-8-24(20)25/h3-4,6,8,10-11,17-18,21,25H,5,7,9,12-16H2,1-2H3,(H,28,32)/t18-,25+/m0/s1. The van der Waals surface area contributed by atoms with Gasteiger partial charge in [0, 0.05) is 37.7 Å². The van der Waals surface area contributed by atoms with Crippen LogP contribution in [-0.4, -0.2) is 43.7 Å². The number of amides is 2. The van der Waals surface area contributed by atoms with E-state index in [0.717, 1.165) is 30.5 Å². The third-order valence-corrected chi connectivity index (χ3v) is 9.65. The summed E-state index contributed by atoms with van der Waals surface area (Å²) in [7, 11) is -3.66. The van der Waals surface area contributed by atoms with Crippen LogP contribution in [0.2, 0.25) is 0 Å². The Hall–Kier alpha value is -2.71. The summed E-state index contributed by atoms with van der Waals surface area (Å²) in [5, 5.41) is 3.24. The number of sulfonamides is 1. The molecule has 186 valence electrons. The number of carbonyl (C=O) groups excluding carboxylic acids is 2. The minimum Gasteiger partial charge on any atom is -0.349 e. The van der Waals surface area contributed by atoms with Crippen LogP contribution < -0.4 is 10.2 Å². The Morgan fingerprint density at radius 1 is 1.00 bits per heavy atom. The van der Waals surface area contributed by atoms with Crippen molar-refractivity contribution in [3.63, 3.8) is 0 Å². The number of benzene rings is 2. The van der Waals surface area contributed by atoms with Crippen molar-refractivity contribution in [2.45, 2.75) is 69.4 Å². The number of anilines is 1. The summed E-state index contributed by atoms with van der Waals surface area (Å²) in [5.74, 6) is -0.191. The highest BCUT2D eigenvalue weighted by molar-refractivity contribution is 7.89. The fourth-order valence-corrected chi connectivity index (χ4v) is 7.47. The fourth-order valence-electron chi connectivity index (χ4n) is 5.95. The van der Waals surface area contributed by atoms with E-state index in [-0.39, 0.29) is 34.7 Å². The number of piperidine rings is 1. The molecule has 1 saturated heterocycles. The molecule has 7 nitrogen and oxygen atoms in total. The Balaban J connectivity index is 1.23. The van der Waals surface area contributed by atoms with Crippen LogP contribution in [0.1, 0.15) is 62.3 Å². The van der Waals surface area contributed by atoms with Gasteiger partial charge in [0.2, 0.25) is 21.8 Å². The van der Waals surface area contributed by atoms with Gasteiger partial charge in [-0.25, -0.2) is 8.42 Å². The molecule has 1 aliphatic carbocycles. The highest BCUT2D eigenvalue weighted by atomic mass is 32.2. The predicted molar refractivity (Wildman–Crippen MR) is 135 cm³/mol. The van der Waals surface area contributed by atoms with Gasteiger partial charge in [-0.2, -0.15) is 4.31 Å². The maximum atomic E-state index is 13.4. The van der Waals surface area contributed by atoms with Crippen molar-refractivity contribution in [1.82, 2.24) is 9.62 Å². The van der Waals surface area contributed by atoms with E-state index in [2.05, 4.69) is 17.4 Å². The van der Waals surface area contributed by atoms with E-state index in [1.54, 1.807) is 23.1 Å². The molecular weight excluding hydrogens is 462 g/mol. The summed E-state index contributed by atoms with van der Waals surface area (Å²) in [4.78, 5) is 27.0. The summed E-state index contributed by atoms with van der Waals surface area (Å²) in [5.41, 5.74) is 4.20. The van der Waals surface area contributed by atoms with Crippen LogP contribution in [0.5, 0.6) is 0 Å². The van der Waals surface area contributed by atoms with Crippen molar-refractivity contribution in [3.05, 3.63) is 59.2 Å². The largest absolute Gasteiger partial charge is 0.349 e. The van der Waals surface area contributed by atoms with E-state index in [9.17, 15) is 18.0 Å². The molecule has 2 heterocycles. The van der Waals surface area contributed by atoms with E-state index in [1.807, 2.05) is 19.1 Å². The molecule has 0 bridgehead atoms. The number of hydrogen-bond donors (Lipinski definition) is 1. The molecule has 35 heavy (non-hydrogen) atoms. The average Bonchev–Trinajstić information content (AvgIpc) is 3.19. The quantitative estimate of drug-likeness (QED) is 0.703. The first kappa shape index (κ1) is 24.0. The number of rotatable bonds is 4. The molecule has 2 amide bonds. The highest BCUT2D eigenvalue weighted by Gasteiger charge is 2.35. The van der Waals surface area contributed by atoms with E-state index in [4.69, 9.17) is 0 Å². The van der Waals surface area contributed by atoms with Gasteiger partial charge in [-0.05, 0) is 80.3 Å². The molecule has 2 aromatic rings. The normalized spacial score (nSPS) is 23.0. The molecule has 5 rings (SSSR count). The van der Waals surface area contributed by atoms with E-state index >= 15 is 0 Å². The third kappa shape index (κ3) is 4.49. The predicted octanol–water partition coefficient (Wildman–Crippen LogP) is 3.58.